The molecule has 0 rings (SSSR count). The van der Waals surface area contributed by atoms with Gasteiger partial charge in [-0.05, 0) is 89.9 Å². The number of carbonyl (C=O) groups excluding carboxylic acids is 3. The number of ether oxygens (including phenoxy) is 3. The number of hydrogen-bond acceptors (Lipinski definition) is 6. The average molecular weight is 1060 g/mol. The molecule has 0 amide bonds. The molecule has 0 aliphatic carbocycles. The fourth-order valence-corrected chi connectivity index (χ4v) is 9.53. The molecular formula is C70H124O6. The van der Waals surface area contributed by atoms with Gasteiger partial charge in [0, 0.05) is 19.3 Å². The summed E-state index contributed by atoms with van der Waals surface area (Å²) in [6.07, 6.45) is 83.3. The van der Waals surface area contributed by atoms with Gasteiger partial charge in [-0.1, -0.05) is 299 Å². The molecule has 0 aliphatic heterocycles. The first-order chi connectivity index (χ1) is 37.5. The van der Waals surface area contributed by atoms with Crippen LogP contribution in [-0.4, -0.2) is 37.2 Å². The van der Waals surface area contributed by atoms with Gasteiger partial charge in [-0.3, -0.25) is 14.4 Å². The zero-order chi connectivity index (χ0) is 55.0. The van der Waals surface area contributed by atoms with Gasteiger partial charge >= 0.3 is 17.9 Å². The van der Waals surface area contributed by atoms with Gasteiger partial charge in [-0.2, -0.15) is 0 Å². The minimum atomic E-state index is -0.785. The molecule has 0 fully saturated rings. The van der Waals surface area contributed by atoms with Gasteiger partial charge in [-0.15, -0.1) is 0 Å². The molecule has 0 N–H and O–H groups in total. The fraction of sp³-hybridized carbons (Fsp3) is 0.786. The van der Waals surface area contributed by atoms with Crippen molar-refractivity contribution in [1.82, 2.24) is 0 Å². The molecule has 0 spiro atoms. The Morgan fingerprint density at radius 2 is 0.513 bits per heavy atom. The second-order valence-corrected chi connectivity index (χ2v) is 22.0. The molecule has 6 nitrogen and oxygen atoms in total. The van der Waals surface area contributed by atoms with Crippen molar-refractivity contribution in [3.8, 4) is 0 Å². The summed E-state index contributed by atoms with van der Waals surface area (Å²) in [4.78, 5) is 38.4. The van der Waals surface area contributed by atoms with Crippen LogP contribution in [0.5, 0.6) is 0 Å². The Balaban J connectivity index is 4.37. The van der Waals surface area contributed by atoms with Crippen LogP contribution in [0.4, 0.5) is 0 Å². The molecule has 0 saturated carbocycles. The Bertz CT molecular complexity index is 1400. The van der Waals surface area contributed by atoms with E-state index in [1.165, 1.54) is 186 Å². The topological polar surface area (TPSA) is 78.9 Å². The highest BCUT2D eigenvalue weighted by molar-refractivity contribution is 5.71. The minimum Gasteiger partial charge on any atom is -0.462 e. The zero-order valence-electron chi connectivity index (χ0n) is 50.5. The van der Waals surface area contributed by atoms with E-state index in [4.69, 9.17) is 14.2 Å². The van der Waals surface area contributed by atoms with E-state index in [0.29, 0.717) is 19.3 Å². The Morgan fingerprint density at radius 1 is 0.276 bits per heavy atom. The van der Waals surface area contributed by atoms with E-state index in [0.717, 1.165) is 109 Å². The number of hydrogen-bond donors (Lipinski definition) is 0. The predicted molar refractivity (Wildman–Crippen MR) is 330 cm³/mol. The van der Waals surface area contributed by atoms with E-state index in [2.05, 4.69) is 93.7 Å². The van der Waals surface area contributed by atoms with Crippen LogP contribution in [0.3, 0.4) is 0 Å². The highest BCUT2D eigenvalue weighted by atomic mass is 16.6. The van der Waals surface area contributed by atoms with Gasteiger partial charge in [0.2, 0.25) is 0 Å². The molecule has 0 heterocycles. The third kappa shape index (κ3) is 61.7. The molecule has 0 bridgehead atoms. The minimum absolute atomic E-state index is 0.0815. The molecule has 1 unspecified atom stereocenters. The van der Waals surface area contributed by atoms with Crippen molar-refractivity contribution in [2.24, 2.45) is 0 Å². The monoisotopic (exact) mass is 1060 g/mol. The summed E-state index contributed by atoms with van der Waals surface area (Å²) < 4.78 is 17.0. The SMILES string of the molecule is CC/C=C\C/C=C\C/C=C\C/C=C\CCCCCCCCCCC(=O)OCC(COC(=O)CCCCCCC/C=C\C/C=C\CCCCCC)OC(=O)CCCCCCCCCCCCCCCCCCCCCCC. The normalized spacial score (nSPS) is 12.5. The van der Waals surface area contributed by atoms with Gasteiger partial charge in [0.05, 0.1) is 0 Å². The summed E-state index contributed by atoms with van der Waals surface area (Å²) in [6, 6.07) is 0. The van der Waals surface area contributed by atoms with Gasteiger partial charge in [0.15, 0.2) is 6.10 Å². The summed E-state index contributed by atoms with van der Waals surface area (Å²) >= 11 is 0. The second-order valence-electron chi connectivity index (χ2n) is 22.0. The molecule has 0 aromatic rings. The smallest absolute Gasteiger partial charge is 0.306 e. The molecule has 0 radical (unpaired) electrons. The maximum Gasteiger partial charge on any atom is 0.306 e. The van der Waals surface area contributed by atoms with E-state index >= 15 is 0 Å². The summed E-state index contributed by atoms with van der Waals surface area (Å²) in [5, 5.41) is 0. The summed E-state index contributed by atoms with van der Waals surface area (Å²) in [6.45, 7) is 6.54. The fourth-order valence-electron chi connectivity index (χ4n) is 9.53. The van der Waals surface area contributed by atoms with Gasteiger partial charge in [0.25, 0.3) is 0 Å². The van der Waals surface area contributed by atoms with Crippen LogP contribution in [0.2, 0.25) is 0 Å². The molecule has 0 aromatic heterocycles. The van der Waals surface area contributed by atoms with E-state index in [-0.39, 0.29) is 31.1 Å². The van der Waals surface area contributed by atoms with Crippen LogP contribution in [0.15, 0.2) is 72.9 Å². The Kier molecular flexibility index (Phi) is 61.7. The lowest BCUT2D eigenvalue weighted by molar-refractivity contribution is -0.167. The molecule has 0 aliphatic rings. The van der Waals surface area contributed by atoms with E-state index in [1.54, 1.807) is 0 Å². The first-order valence-electron chi connectivity index (χ1n) is 32.9. The first kappa shape index (κ1) is 72.8. The number of unbranched alkanes of at least 4 members (excludes halogenated alkanes) is 37. The molecule has 1 atom stereocenters. The van der Waals surface area contributed by atoms with Crippen LogP contribution in [0.1, 0.15) is 335 Å². The van der Waals surface area contributed by atoms with Crippen LogP contribution in [0, 0.1) is 0 Å². The molecule has 440 valence electrons. The van der Waals surface area contributed by atoms with Crippen molar-refractivity contribution < 1.29 is 28.6 Å². The number of allylic oxidation sites excluding steroid dienone is 12. The number of carbonyl (C=O) groups is 3. The van der Waals surface area contributed by atoms with Gasteiger partial charge < -0.3 is 14.2 Å². The molecular weight excluding hydrogens is 937 g/mol. The summed E-state index contributed by atoms with van der Waals surface area (Å²) in [7, 11) is 0. The quantitative estimate of drug-likeness (QED) is 0.0261. The maximum atomic E-state index is 12.9. The maximum absolute atomic E-state index is 12.9. The van der Waals surface area contributed by atoms with Crippen LogP contribution in [0.25, 0.3) is 0 Å². The van der Waals surface area contributed by atoms with Crippen LogP contribution >= 0.6 is 0 Å². The van der Waals surface area contributed by atoms with Gasteiger partial charge in [0.1, 0.15) is 13.2 Å². The van der Waals surface area contributed by atoms with E-state index < -0.39 is 6.10 Å². The third-order valence-corrected chi connectivity index (χ3v) is 14.4. The Hall–Kier alpha value is -3.15. The lowest BCUT2D eigenvalue weighted by Gasteiger charge is -2.18. The van der Waals surface area contributed by atoms with E-state index in [1.807, 2.05) is 0 Å². The Labute approximate surface area is 472 Å². The number of esters is 3. The highest BCUT2D eigenvalue weighted by Gasteiger charge is 2.19. The predicted octanol–water partition coefficient (Wildman–Crippen LogP) is 22.5. The van der Waals surface area contributed by atoms with Crippen molar-refractivity contribution in [1.29, 1.82) is 0 Å². The largest absolute Gasteiger partial charge is 0.462 e. The first-order valence-corrected chi connectivity index (χ1v) is 32.9. The molecule has 6 heteroatoms. The van der Waals surface area contributed by atoms with Crippen LogP contribution in [-0.2, 0) is 28.6 Å². The lowest BCUT2D eigenvalue weighted by Crippen LogP contribution is -2.30. The summed E-state index contributed by atoms with van der Waals surface area (Å²) in [5.41, 5.74) is 0. The van der Waals surface area contributed by atoms with Crippen molar-refractivity contribution in [3.05, 3.63) is 72.9 Å². The van der Waals surface area contributed by atoms with Crippen LogP contribution < -0.4 is 0 Å². The molecule has 76 heavy (non-hydrogen) atoms. The second kappa shape index (κ2) is 64.4. The Morgan fingerprint density at radius 3 is 0.816 bits per heavy atom. The zero-order valence-corrected chi connectivity index (χ0v) is 50.5. The van der Waals surface area contributed by atoms with Crippen molar-refractivity contribution in [2.75, 3.05) is 13.2 Å². The number of rotatable bonds is 60. The lowest BCUT2D eigenvalue weighted by atomic mass is 10.0. The molecule has 0 aromatic carbocycles. The summed E-state index contributed by atoms with van der Waals surface area (Å²) in [5.74, 6) is -0.884. The standard InChI is InChI=1S/C70H124O6/c1-4-7-10-13-16-19-22-25-28-31-33-35-37-39-42-45-48-51-54-57-60-63-69(72)75-66-67(65-74-68(71)62-59-56-53-50-47-44-41-30-27-24-21-18-15-12-9-6-3)76-70(73)64-61-58-55-52-49-46-43-40-38-36-34-32-29-26-23-20-17-14-11-8-5-2/h7,10,16,19,21,24-25,28,30,33,35,41,67H,4-6,8-9,11-15,17-18,20,22-23,26-27,29,31-32,34,36-40,42-66H2,1-3H3/b10-7-,19-16-,24-21-,28-25-,35-33-,41-30-. The van der Waals surface area contributed by atoms with Crippen molar-refractivity contribution >= 4 is 17.9 Å². The van der Waals surface area contributed by atoms with Gasteiger partial charge in [-0.25, -0.2) is 0 Å². The third-order valence-electron chi connectivity index (χ3n) is 14.4. The van der Waals surface area contributed by atoms with Crippen molar-refractivity contribution in [2.45, 2.75) is 341 Å². The van der Waals surface area contributed by atoms with Crippen molar-refractivity contribution in [3.63, 3.8) is 0 Å². The van der Waals surface area contributed by atoms with E-state index in [9.17, 15) is 14.4 Å². The highest BCUT2D eigenvalue weighted by Crippen LogP contribution is 2.17. The average Bonchev–Trinajstić information content (AvgIpc) is 3.42. The molecule has 0 saturated heterocycles.